The molecule has 2 aliphatic carbocycles. The van der Waals surface area contributed by atoms with Crippen molar-refractivity contribution in [1.82, 2.24) is 14.9 Å². The second-order valence-electron chi connectivity index (χ2n) is 7.29. The molecule has 2 unspecified atom stereocenters. The maximum atomic E-state index is 4.39. The zero-order chi connectivity index (χ0) is 17.6. The van der Waals surface area contributed by atoms with Crippen molar-refractivity contribution in [2.75, 3.05) is 0 Å². The highest BCUT2D eigenvalue weighted by Crippen LogP contribution is 2.38. The van der Waals surface area contributed by atoms with E-state index < -0.39 is 0 Å². The molecule has 1 fully saturated rings. The van der Waals surface area contributed by atoms with E-state index in [-0.39, 0.29) is 0 Å². The third-order valence-corrected chi connectivity index (χ3v) is 5.15. The lowest BCUT2D eigenvalue weighted by molar-refractivity contribution is 0.496. The van der Waals surface area contributed by atoms with Gasteiger partial charge in [0.1, 0.15) is 5.69 Å². The Morgan fingerprint density at radius 2 is 2.20 bits per heavy atom. The van der Waals surface area contributed by atoms with Gasteiger partial charge in [0, 0.05) is 6.04 Å². The number of rotatable bonds is 3. The number of hydrogen-bond acceptors (Lipinski definition) is 3. The molecule has 1 aliphatic heterocycles. The van der Waals surface area contributed by atoms with Gasteiger partial charge in [-0.15, -0.1) is 0 Å². The van der Waals surface area contributed by atoms with Crippen LogP contribution in [0.15, 0.2) is 41.7 Å². The SMILES string of the molecule is C=C1NC=Nc2c1ncn2C1CCC(C)C1.CCCC1=CCCC=C1. The van der Waals surface area contributed by atoms with Crippen LogP contribution in [-0.4, -0.2) is 15.9 Å². The molecular weight excluding hydrogens is 308 g/mol. The highest BCUT2D eigenvalue weighted by Gasteiger charge is 2.26. The highest BCUT2D eigenvalue weighted by molar-refractivity contribution is 5.83. The van der Waals surface area contributed by atoms with Crippen LogP contribution < -0.4 is 5.32 Å². The first-order chi connectivity index (χ1) is 12.2. The number of aliphatic imine (C=N–C) groups is 1. The molecule has 2 atom stereocenters. The fraction of sp³-hybridized carbons (Fsp3) is 0.524. The summed E-state index contributed by atoms with van der Waals surface area (Å²) in [6, 6.07) is 0.564. The Morgan fingerprint density at radius 1 is 1.32 bits per heavy atom. The summed E-state index contributed by atoms with van der Waals surface area (Å²) in [5.74, 6) is 1.78. The average molecular weight is 338 g/mol. The molecule has 3 aliphatic rings. The van der Waals surface area contributed by atoms with E-state index in [9.17, 15) is 0 Å². The van der Waals surface area contributed by atoms with Crippen molar-refractivity contribution in [1.29, 1.82) is 0 Å². The Hall–Kier alpha value is -2.10. The predicted octanol–water partition coefficient (Wildman–Crippen LogP) is 5.54. The Kier molecular flexibility index (Phi) is 5.90. The van der Waals surface area contributed by atoms with Crippen LogP contribution in [0.2, 0.25) is 0 Å². The van der Waals surface area contributed by atoms with Crippen LogP contribution in [0.5, 0.6) is 0 Å². The maximum Gasteiger partial charge on any atom is 0.163 e. The zero-order valence-corrected chi connectivity index (χ0v) is 15.5. The van der Waals surface area contributed by atoms with Gasteiger partial charge in [-0.1, -0.05) is 50.6 Å². The minimum Gasteiger partial charge on any atom is -0.345 e. The summed E-state index contributed by atoms with van der Waals surface area (Å²) >= 11 is 0. The van der Waals surface area contributed by atoms with E-state index in [0.717, 1.165) is 23.1 Å². The fourth-order valence-corrected chi connectivity index (χ4v) is 3.77. The summed E-state index contributed by atoms with van der Waals surface area (Å²) in [6.07, 6.45) is 19.3. The normalized spacial score (nSPS) is 24.2. The van der Waals surface area contributed by atoms with E-state index in [1.807, 2.05) is 6.33 Å². The summed E-state index contributed by atoms with van der Waals surface area (Å²) in [4.78, 5) is 8.77. The smallest absolute Gasteiger partial charge is 0.163 e. The number of imidazole rings is 1. The number of hydrogen-bond donors (Lipinski definition) is 1. The summed E-state index contributed by atoms with van der Waals surface area (Å²) in [7, 11) is 0. The third-order valence-electron chi connectivity index (χ3n) is 5.15. The van der Waals surface area contributed by atoms with Gasteiger partial charge >= 0.3 is 0 Å². The molecule has 0 radical (unpaired) electrons. The molecule has 2 heterocycles. The maximum absolute atomic E-state index is 4.39. The summed E-state index contributed by atoms with van der Waals surface area (Å²) in [5, 5.41) is 2.99. The van der Waals surface area contributed by atoms with E-state index in [4.69, 9.17) is 0 Å². The van der Waals surface area contributed by atoms with E-state index in [1.54, 1.807) is 6.34 Å². The lowest BCUT2D eigenvalue weighted by atomic mass is 10.0. The monoisotopic (exact) mass is 338 g/mol. The minimum absolute atomic E-state index is 0.564. The minimum atomic E-state index is 0.564. The van der Waals surface area contributed by atoms with Crippen molar-refractivity contribution in [3.63, 3.8) is 0 Å². The van der Waals surface area contributed by atoms with Gasteiger partial charge in [0.2, 0.25) is 0 Å². The lowest BCUT2D eigenvalue weighted by Crippen LogP contribution is -2.13. The standard InChI is InChI=1S/C12H16N4.C9H14/c1-8-3-4-10(5-8)16-7-15-11-9(2)13-6-14-12(11)16;1-2-6-9-7-4-3-5-8-9/h6-8,10H,2-5H2,1H3,(H,13,14);4,7-8H,2-3,5-6H2,1H3. The molecule has 25 heavy (non-hydrogen) atoms. The molecule has 4 heteroatoms. The average Bonchev–Trinajstić information content (AvgIpc) is 3.24. The molecule has 4 nitrogen and oxygen atoms in total. The first kappa shape index (κ1) is 17.7. The Labute approximate surface area is 151 Å². The van der Waals surface area contributed by atoms with E-state index in [2.05, 4.69) is 58.5 Å². The van der Waals surface area contributed by atoms with Crippen molar-refractivity contribution in [3.05, 3.63) is 42.4 Å². The number of aromatic nitrogens is 2. The first-order valence-corrected chi connectivity index (χ1v) is 9.59. The van der Waals surface area contributed by atoms with Crippen LogP contribution in [0.4, 0.5) is 5.82 Å². The van der Waals surface area contributed by atoms with Crippen LogP contribution in [-0.2, 0) is 0 Å². The first-order valence-electron chi connectivity index (χ1n) is 9.59. The molecule has 1 saturated carbocycles. The summed E-state index contributed by atoms with van der Waals surface area (Å²) in [6.45, 7) is 8.47. The zero-order valence-electron chi connectivity index (χ0n) is 15.5. The quantitative estimate of drug-likeness (QED) is 0.786. The molecular formula is C21H30N4. The van der Waals surface area contributed by atoms with Crippen molar-refractivity contribution < 1.29 is 0 Å². The summed E-state index contributed by atoms with van der Waals surface area (Å²) < 4.78 is 2.21. The lowest BCUT2D eigenvalue weighted by Gasteiger charge is -2.16. The number of nitrogens with one attached hydrogen (secondary N) is 1. The largest absolute Gasteiger partial charge is 0.345 e. The van der Waals surface area contributed by atoms with Crippen LogP contribution in [0.25, 0.3) is 5.70 Å². The topological polar surface area (TPSA) is 42.2 Å². The van der Waals surface area contributed by atoms with Crippen LogP contribution in [0.3, 0.4) is 0 Å². The molecule has 1 aromatic rings. The second kappa shape index (κ2) is 8.32. The van der Waals surface area contributed by atoms with Crippen LogP contribution in [0, 0.1) is 5.92 Å². The van der Waals surface area contributed by atoms with Gasteiger partial charge in [0.05, 0.1) is 18.4 Å². The fourth-order valence-electron chi connectivity index (χ4n) is 3.77. The van der Waals surface area contributed by atoms with Gasteiger partial charge in [-0.05, 0) is 44.4 Å². The predicted molar refractivity (Wildman–Crippen MR) is 106 cm³/mol. The Balaban J connectivity index is 0.000000173. The van der Waals surface area contributed by atoms with E-state index in [1.165, 1.54) is 50.5 Å². The van der Waals surface area contributed by atoms with Gasteiger partial charge in [0.15, 0.2) is 5.82 Å². The molecule has 0 aromatic carbocycles. The van der Waals surface area contributed by atoms with Crippen LogP contribution in [0.1, 0.15) is 70.5 Å². The number of fused-ring (bicyclic) bond motifs is 1. The molecule has 0 spiro atoms. The van der Waals surface area contributed by atoms with E-state index >= 15 is 0 Å². The van der Waals surface area contributed by atoms with Crippen LogP contribution >= 0.6 is 0 Å². The van der Waals surface area contributed by atoms with E-state index in [0.29, 0.717) is 6.04 Å². The van der Waals surface area contributed by atoms with Gasteiger partial charge in [-0.2, -0.15) is 0 Å². The molecule has 4 rings (SSSR count). The van der Waals surface area contributed by atoms with Gasteiger partial charge in [0.25, 0.3) is 0 Å². The van der Waals surface area contributed by atoms with Crippen molar-refractivity contribution >= 4 is 17.9 Å². The molecule has 134 valence electrons. The highest BCUT2D eigenvalue weighted by atomic mass is 15.2. The summed E-state index contributed by atoms with van der Waals surface area (Å²) in [5.41, 5.74) is 3.26. The Bertz CT molecular complexity index is 693. The van der Waals surface area contributed by atoms with Crippen molar-refractivity contribution in [3.8, 4) is 0 Å². The molecule has 0 saturated heterocycles. The third kappa shape index (κ3) is 4.30. The van der Waals surface area contributed by atoms with Gasteiger partial charge < -0.3 is 9.88 Å². The molecule has 0 bridgehead atoms. The van der Waals surface area contributed by atoms with Gasteiger partial charge in [-0.25, -0.2) is 9.98 Å². The van der Waals surface area contributed by atoms with Gasteiger partial charge in [-0.3, -0.25) is 0 Å². The molecule has 0 amide bonds. The Morgan fingerprint density at radius 3 is 2.88 bits per heavy atom. The number of allylic oxidation sites excluding steroid dienone is 4. The molecule has 1 aromatic heterocycles. The molecule has 1 N–H and O–H groups in total. The second-order valence-corrected chi connectivity index (χ2v) is 7.29. The van der Waals surface area contributed by atoms with Crippen molar-refractivity contribution in [2.45, 2.75) is 64.8 Å². The number of nitrogens with zero attached hydrogens (tertiary/aromatic N) is 3. The van der Waals surface area contributed by atoms with Crippen molar-refractivity contribution in [2.24, 2.45) is 10.9 Å².